The topological polar surface area (TPSA) is 93.3 Å². The molecule has 12 heteroatoms. The lowest BCUT2D eigenvalue weighted by Gasteiger charge is -2.31. The Bertz CT molecular complexity index is 1330. The van der Waals surface area contributed by atoms with Crippen LogP contribution in [0.2, 0.25) is 0 Å². The van der Waals surface area contributed by atoms with Crippen LogP contribution in [0.3, 0.4) is 0 Å². The molecule has 0 bridgehead atoms. The number of nitrogens with zero attached hydrogens (tertiary/aromatic N) is 4. The fraction of sp³-hybridized carbons (Fsp3) is 0.333. The van der Waals surface area contributed by atoms with E-state index < -0.39 is 27.9 Å². The standard InChI is InChI=1S/C21H19BrFN4O4S2/c1-3-31-21(28)17-16-8-12(10-25-33(2,29)30)11-27(16)19(20-24-6-7-32-20)26-18(17)14-5-4-13(23)9-15(14)22/h4-7,9,12,18H,3,8,11H2,1-2H3/q+1/t12?,18-/m0/s1. The number of hydrogen-bond acceptors (Lipinski definition) is 8. The summed E-state index contributed by atoms with van der Waals surface area (Å²) in [6.45, 7) is 2.20. The highest BCUT2D eigenvalue weighted by atomic mass is 79.9. The van der Waals surface area contributed by atoms with Crippen molar-refractivity contribution >= 4 is 49.1 Å². The van der Waals surface area contributed by atoms with Crippen molar-refractivity contribution in [3.05, 3.63) is 66.2 Å². The summed E-state index contributed by atoms with van der Waals surface area (Å²) in [6, 6.07) is 6.12. The first-order valence-corrected chi connectivity index (χ1v) is 13.5. The normalized spacial score (nSPS) is 20.1. The minimum absolute atomic E-state index is 0.168. The lowest BCUT2D eigenvalue weighted by atomic mass is 9.94. The summed E-state index contributed by atoms with van der Waals surface area (Å²) in [5.74, 6) is -0.816. The van der Waals surface area contributed by atoms with Crippen LogP contribution < -0.4 is 0 Å². The summed E-state index contributed by atoms with van der Waals surface area (Å²) in [5, 5.41) is 2.45. The molecule has 2 aromatic rings. The second-order valence-electron chi connectivity index (χ2n) is 7.40. The van der Waals surface area contributed by atoms with Crippen LogP contribution in [-0.4, -0.2) is 49.5 Å². The van der Waals surface area contributed by atoms with Crippen LogP contribution in [0.5, 0.6) is 0 Å². The van der Waals surface area contributed by atoms with E-state index in [2.05, 4.69) is 31.2 Å². The van der Waals surface area contributed by atoms with E-state index in [1.165, 1.54) is 23.5 Å². The van der Waals surface area contributed by atoms with E-state index in [9.17, 15) is 17.6 Å². The first kappa shape index (κ1) is 23.5. The number of aliphatic imine (C=N–C) groups is 1. The molecule has 0 spiro atoms. The fourth-order valence-electron chi connectivity index (χ4n) is 3.77. The quantitative estimate of drug-likeness (QED) is 0.531. The van der Waals surface area contributed by atoms with Crippen LogP contribution >= 0.6 is 27.3 Å². The van der Waals surface area contributed by atoms with Gasteiger partial charge >= 0.3 is 22.1 Å². The number of amidine groups is 1. The number of hydrogen-bond donors (Lipinski definition) is 0. The summed E-state index contributed by atoms with van der Waals surface area (Å²) < 4.78 is 46.2. The molecule has 8 nitrogen and oxygen atoms in total. The van der Waals surface area contributed by atoms with Crippen molar-refractivity contribution in [2.24, 2.45) is 10.9 Å². The van der Waals surface area contributed by atoms with Gasteiger partial charge in [-0.15, -0.1) is 19.8 Å². The number of fused-ring (bicyclic) bond motifs is 1. The maximum Gasteiger partial charge on any atom is 0.476 e. The number of aromatic nitrogens is 1. The number of benzene rings is 1. The van der Waals surface area contributed by atoms with Crippen LogP contribution in [0.15, 0.2) is 50.5 Å². The van der Waals surface area contributed by atoms with Crippen LogP contribution in [0.1, 0.15) is 30.0 Å². The third-order valence-corrected chi connectivity index (χ3v) is 6.93. The molecule has 0 aliphatic carbocycles. The Labute approximate surface area is 202 Å². The average molecular weight is 554 g/mol. The van der Waals surface area contributed by atoms with Crippen molar-refractivity contribution in [2.75, 3.05) is 19.4 Å². The summed E-state index contributed by atoms with van der Waals surface area (Å²) in [4.78, 5) is 24.2. The maximum absolute atomic E-state index is 13.8. The SMILES string of the molecule is CCOC(=O)C1=C2CC(C#[N+]S(C)(=O)=O)CN2C(c2nccs2)=N[C@H]1c1ccc(F)cc1Br. The molecule has 1 aromatic carbocycles. The van der Waals surface area contributed by atoms with Crippen molar-refractivity contribution < 1.29 is 22.3 Å². The van der Waals surface area contributed by atoms with Crippen LogP contribution in [0, 0.1) is 17.8 Å². The highest BCUT2D eigenvalue weighted by Crippen LogP contribution is 2.43. The Morgan fingerprint density at radius 1 is 1.45 bits per heavy atom. The Hall–Kier alpha value is -2.62. The van der Waals surface area contributed by atoms with Gasteiger partial charge in [0.1, 0.15) is 24.0 Å². The number of allylic oxidation sites excluding steroid dienone is 1. The Balaban J connectivity index is 1.90. The molecule has 2 aliphatic rings. The number of esters is 1. The van der Waals surface area contributed by atoms with Gasteiger partial charge in [0.25, 0.3) is 0 Å². The van der Waals surface area contributed by atoms with Gasteiger partial charge < -0.3 is 9.64 Å². The average Bonchev–Trinajstić information content (AvgIpc) is 3.41. The molecule has 172 valence electrons. The number of ether oxygens (including phenoxy) is 1. The predicted octanol–water partition coefficient (Wildman–Crippen LogP) is 3.98. The molecule has 3 heterocycles. The lowest BCUT2D eigenvalue weighted by Crippen LogP contribution is -2.35. The van der Waals surface area contributed by atoms with Gasteiger partial charge in [0.2, 0.25) is 0 Å². The van der Waals surface area contributed by atoms with Gasteiger partial charge in [-0.25, -0.2) is 14.2 Å². The second-order valence-corrected chi connectivity index (χ2v) is 10.8. The first-order valence-electron chi connectivity index (χ1n) is 9.95. The largest absolute Gasteiger partial charge is 0.476 e. The van der Waals surface area contributed by atoms with Gasteiger partial charge in [0, 0.05) is 34.7 Å². The molecule has 0 saturated carbocycles. The van der Waals surface area contributed by atoms with Gasteiger partial charge in [-0.05, 0) is 24.6 Å². The summed E-state index contributed by atoms with van der Waals surface area (Å²) in [5.41, 5.74) is 1.54. The smallest absolute Gasteiger partial charge is 0.463 e. The van der Waals surface area contributed by atoms with Gasteiger partial charge in [-0.3, -0.25) is 4.99 Å². The van der Waals surface area contributed by atoms with Crippen molar-refractivity contribution in [1.29, 1.82) is 0 Å². The Morgan fingerprint density at radius 3 is 2.88 bits per heavy atom. The lowest BCUT2D eigenvalue weighted by molar-refractivity contribution is -0.139. The number of thiazole rings is 1. The van der Waals surface area contributed by atoms with Crippen molar-refractivity contribution in [3.63, 3.8) is 0 Å². The zero-order chi connectivity index (χ0) is 23.8. The number of carbonyl (C=O) groups is 1. The molecule has 33 heavy (non-hydrogen) atoms. The minimum Gasteiger partial charge on any atom is -0.463 e. The van der Waals surface area contributed by atoms with E-state index >= 15 is 0 Å². The number of rotatable bonds is 4. The molecular formula is C21H19BrFN4O4S2+. The first-order chi connectivity index (χ1) is 15.7. The highest BCUT2D eigenvalue weighted by Gasteiger charge is 2.43. The zero-order valence-corrected chi connectivity index (χ0v) is 20.9. The van der Waals surface area contributed by atoms with Crippen molar-refractivity contribution in [3.8, 4) is 6.07 Å². The van der Waals surface area contributed by atoms with Crippen LogP contribution in [0.4, 0.5) is 4.39 Å². The highest BCUT2D eigenvalue weighted by molar-refractivity contribution is 9.10. The molecule has 0 radical (unpaired) electrons. The summed E-state index contributed by atoms with van der Waals surface area (Å²) in [6.07, 6.45) is 2.96. The van der Waals surface area contributed by atoms with E-state index in [4.69, 9.17) is 9.73 Å². The molecule has 4 rings (SSSR count). The number of halogens is 2. The van der Waals surface area contributed by atoms with E-state index in [0.29, 0.717) is 45.1 Å². The third-order valence-electron chi connectivity index (χ3n) is 5.04. The van der Waals surface area contributed by atoms with E-state index in [1.807, 2.05) is 10.3 Å². The second kappa shape index (κ2) is 9.32. The zero-order valence-electron chi connectivity index (χ0n) is 17.7. The minimum atomic E-state index is -3.60. The van der Waals surface area contributed by atoms with Gasteiger partial charge in [-0.1, -0.05) is 22.0 Å². The summed E-state index contributed by atoms with van der Waals surface area (Å²) in [7, 11) is -3.60. The van der Waals surface area contributed by atoms with Gasteiger partial charge in [0.15, 0.2) is 10.8 Å². The third kappa shape index (κ3) is 5.00. The molecule has 1 unspecified atom stereocenters. The van der Waals surface area contributed by atoms with Crippen LogP contribution in [0.25, 0.3) is 4.25 Å². The van der Waals surface area contributed by atoms with E-state index in [-0.39, 0.29) is 12.5 Å². The van der Waals surface area contributed by atoms with Crippen molar-refractivity contribution in [2.45, 2.75) is 19.4 Å². The number of sulfonamides is 1. The molecule has 2 atom stereocenters. The molecule has 1 saturated heterocycles. The molecular weight excluding hydrogens is 535 g/mol. The molecule has 1 fully saturated rings. The van der Waals surface area contributed by atoms with Crippen molar-refractivity contribution in [1.82, 2.24) is 9.88 Å². The van der Waals surface area contributed by atoms with E-state index in [1.54, 1.807) is 19.2 Å². The molecule has 2 aliphatic heterocycles. The number of carbonyl (C=O) groups excluding carboxylic acids is 1. The van der Waals surface area contributed by atoms with Gasteiger partial charge in [0.05, 0.1) is 16.4 Å². The predicted molar refractivity (Wildman–Crippen MR) is 126 cm³/mol. The Kier molecular flexibility index (Phi) is 6.65. The molecule has 0 N–H and O–H groups in total. The molecule has 1 aromatic heterocycles. The van der Waals surface area contributed by atoms with E-state index in [0.717, 1.165) is 6.26 Å². The Morgan fingerprint density at radius 2 is 2.24 bits per heavy atom. The fourth-order valence-corrected chi connectivity index (χ4v) is 5.32. The summed E-state index contributed by atoms with van der Waals surface area (Å²) >= 11 is 4.78. The van der Waals surface area contributed by atoms with Gasteiger partial charge in [-0.2, -0.15) is 0 Å². The maximum atomic E-state index is 13.8. The molecule has 0 amide bonds. The van der Waals surface area contributed by atoms with Crippen LogP contribution in [-0.2, 0) is 19.6 Å². The monoisotopic (exact) mass is 553 g/mol.